The van der Waals surface area contributed by atoms with Gasteiger partial charge in [0.05, 0.1) is 0 Å². The first-order valence-corrected chi connectivity index (χ1v) is 6.17. The Kier molecular flexibility index (Phi) is 4.18. The molecule has 0 saturated carbocycles. The fraction of sp³-hybridized carbons (Fsp3) is 0.200. The van der Waals surface area contributed by atoms with E-state index in [1.165, 1.54) is 11.1 Å². The largest absolute Gasteiger partial charge is 0.330 e. The second-order valence-electron chi connectivity index (χ2n) is 4.17. The summed E-state index contributed by atoms with van der Waals surface area (Å²) in [4.78, 5) is 0. The summed E-state index contributed by atoms with van der Waals surface area (Å²) in [5.74, 6) is 0.356. The lowest BCUT2D eigenvalue weighted by Crippen LogP contribution is -2.14. The molecule has 1 unspecified atom stereocenters. The van der Waals surface area contributed by atoms with Crippen LogP contribution in [0.4, 0.5) is 0 Å². The molecule has 0 fully saturated rings. The Morgan fingerprint density at radius 2 is 1.59 bits per heavy atom. The van der Waals surface area contributed by atoms with Crippen LogP contribution in [0.25, 0.3) is 0 Å². The standard InChI is InChI=1S/C15H16ClN/c16-15-8-6-13(7-9-15)14(11-17)10-12-4-2-1-3-5-12/h1-9,14H,10-11,17H2. The van der Waals surface area contributed by atoms with Crippen LogP contribution in [-0.4, -0.2) is 6.54 Å². The first-order valence-electron chi connectivity index (χ1n) is 5.79. The smallest absolute Gasteiger partial charge is 0.0406 e. The minimum absolute atomic E-state index is 0.356. The molecule has 0 bridgehead atoms. The maximum atomic E-state index is 5.89. The molecule has 0 radical (unpaired) electrons. The van der Waals surface area contributed by atoms with Crippen molar-refractivity contribution in [2.45, 2.75) is 12.3 Å². The Balaban J connectivity index is 2.14. The third-order valence-corrected chi connectivity index (χ3v) is 3.20. The van der Waals surface area contributed by atoms with Crippen molar-refractivity contribution in [1.29, 1.82) is 0 Å². The van der Waals surface area contributed by atoms with Crippen LogP contribution in [0.15, 0.2) is 54.6 Å². The molecule has 88 valence electrons. The Hall–Kier alpha value is -1.31. The fourth-order valence-corrected chi connectivity index (χ4v) is 2.10. The van der Waals surface area contributed by atoms with E-state index in [0.29, 0.717) is 12.5 Å². The quantitative estimate of drug-likeness (QED) is 0.875. The van der Waals surface area contributed by atoms with Gasteiger partial charge in [-0.05, 0) is 36.2 Å². The maximum Gasteiger partial charge on any atom is 0.0406 e. The lowest BCUT2D eigenvalue weighted by molar-refractivity contribution is 0.694. The van der Waals surface area contributed by atoms with Crippen molar-refractivity contribution in [2.75, 3.05) is 6.54 Å². The molecule has 2 rings (SSSR count). The van der Waals surface area contributed by atoms with Gasteiger partial charge in [-0.2, -0.15) is 0 Å². The average molecular weight is 246 g/mol. The van der Waals surface area contributed by atoms with Gasteiger partial charge in [0.1, 0.15) is 0 Å². The van der Waals surface area contributed by atoms with Gasteiger partial charge in [0.25, 0.3) is 0 Å². The van der Waals surface area contributed by atoms with E-state index < -0.39 is 0 Å². The number of nitrogens with two attached hydrogens (primary N) is 1. The van der Waals surface area contributed by atoms with Crippen molar-refractivity contribution >= 4 is 11.6 Å². The zero-order chi connectivity index (χ0) is 12.1. The summed E-state index contributed by atoms with van der Waals surface area (Å²) in [6.07, 6.45) is 0.971. The topological polar surface area (TPSA) is 26.0 Å². The lowest BCUT2D eigenvalue weighted by Gasteiger charge is -2.15. The van der Waals surface area contributed by atoms with Crippen LogP contribution in [0, 0.1) is 0 Å². The third kappa shape index (κ3) is 3.32. The van der Waals surface area contributed by atoms with Crippen molar-refractivity contribution in [1.82, 2.24) is 0 Å². The zero-order valence-corrected chi connectivity index (χ0v) is 10.4. The second kappa shape index (κ2) is 5.85. The molecule has 0 heterocycles. The third-order valence-electron chi connectivity index (χ3n) is 2.95. The lowest BCUT2D eigenvalue weighted by atomic mass is 9.92. The highest BCUT2D eigenvalue weighted by Gasteiger charge is 2.10. The molecule has 0 amide bonds. The van der Waals surface area contributed by atoms with E-state index in [0.717, 1.165) is 11.4 Å². The van der Waals surface area contributed by atoms with Crippen molar-refractivity contribution < 1.29 is 0 Å². The molecule has 0 aliphatic carbocycles. The summed E-state index contributed by atoms with van der Waals surface area (Å²) in [5, 5.41) is 0.768. The molecule has 2 N–H and O–H groups in total. The molecule has 0 aliphatic rings. The number of rotatable bonds is 4. The van der Waals surface area contributed by atoms with Crippen LogP contribution in [0.2, 0.25) is 5.02 Å². The summed E-state index contributed by atoms with van der Waals surface area (Å²) in [6, 6.07) is 18.4. The van der Waals surface area contributed by atoms with Crippen molar-refractivity contribution in [2.24, 2.45) is 5.73 Å². The van der Waals surface area contributed by atoms with E-state index in [1.807, 2.05) is 18.2 Å². The van der Waals surface area contributed by atoms with Crippen LogP contribution in [0.3, 0.4) is 0 Å². The highest BCUT2D eigenvalue weighted by molar-refractivity contribution is 6.30. The molecule has 17 heavy (non-hydrogen) atoms. The molecular weight excluding hydrogens is 230 g/mol. The van der Waals surface area contributed by atoms with Crippen molar-refractivity contribution in [3.63, 3.8) is 0 Å². The average Bonchev–Trinajstić information content (AvgIpc) is 2.38. The van der Waals surface area contributed by atoms with E-state index in [-0.39, 0.29) is 0 Å². The molecule has 0 saturated heterocycles. The molecule has 2 aromatic carbocycles. The minimum atomic E-state index is 0.356. The Labute approximate surface area is 107 Å². The highest BCUT2D eigenvalue weighted by atomic mass is 35.5. The van der Waals surface area contributed by atoms with E-state index >= 15 is 0 Å². The van der Waals surface area contributed by atoms with Gasteiger partial charge >= 0.3 is 0 Å². The highest BCUT2D eigenvalue weighted by Crippen LogP contribution is 2.21. The van der Waals surface area contributed by atoms with E-state index in [1.54, 1.807) is 0 Å². The molecule has 1 nitrogen and oxygen atoms in total. The van der Waals surface area contributed by atoms with E-state index in [2.05, 4.69) is 36.4 Å². The van der Waals surface area contributed by atoms with Gasteiger partial charge in [-0.3, -0.25) is 0 Å². The fourth-order valence-electron chi connectivity index (χ4n) is 1.97. The predicted octanol–water partition coefficient (Wildman–Crippen LogP) is 3.63. The van der Waals surface area contributed by atoms with Gasteiger partial charge in [0.2, 0.25) is 0 Å². The molecule has 0 aromatic heterocycles. The number of hydrogen-bond donors (Lipinski definition) is 1. The van der Waals surface area contributed by atoms with Crippen molar-refractivity contribution in [3.05, 3.63) is 70.7 Å². The van der Waals surface area contributed by atoms with Crippen LogP contribution in [0.5, 0.6) is 0 Å². The van der Waals surface area contributed by atoms with Gasteiger partial charge in [0.15, 0.2) is 0 Å². The van der Waals surface area contributed by atoms with Gasteiger partial charge in [-0.1, -0.05) is 54.1 Å². The van der Waals surface area contributed by atoms with Gasteiger partial charge in [-0.15, -0.1) is 0 Å². The van der Waals surface area contributed by atoms with Gasteiger partial charge in [0, 0.05) is 10.9 Å². The monoisotopic (exact) mass is 245 g/mol. The first-order chi connectivity index (χ1) is 8.29. The van der Waals surface area contributed by atoms with Crippen LogP contribution in [0.1, 0.15) is 17.0 Å². The normalized spacial score (nSPS) is 12.4. The van der Waals surface area contributed by atoms with E-state index in [9.17, 15) is 0 Å². The number of hydrogen-bond acceptors (Lipinski definition) is 1. The molecule has 2 aromatic rings. The van der Waals surface area contributed by atoms with Crippen LogP contribution in [-0.2, 0) is 6.42 Å². The number of benzene rings is 2. The molecular formula is C15H16ClN. The first kappa shape index (κ1) is 12.2. The predicted molar refractivity (Wildman–Crippen MR) is 73.4 cm³/mol. The molecule has 2 heteroatoms. The Bertz CT molecular complexity index is 450. The summed E-state index contributed by atoms with van der Waals surface area (Å²) >= 11 is 5.89. The number of halogens is 1. The Morgan fingerprint density at radius 3 is 2.18 bits per heavy atom. The SMILES string of the molecule is NCC(Cc1ccccc1)c1ccc(Cl)cc1. The summed E-state index contributed by atoms with van der Waals surface area (Å²) in [7, 11) is 0. The van der Waals surface area contributed by atoms with Crippen LogP contribution < -0.4 is 5.73 Å². The van der Waals surface area contributed by atoms with Crippen molar-refractivity contribution in [3.8, 4) is 0 Å². The van der Waals surface area contributed by atoms with E-state index in [4.69, 9.17) is 17.3 Å². The zero-order valence-electron chi connectivity index (χ0n) is 9.64. The van der Waals surface area contributed by atoms with Crippen LogP contribution >= 0.6 is 11.6 Å². The maximum absolute atomic E-state index is 5.89. The summed E-state index contributed by atoms with van der Waals surface area (Å²) in [5.41, 5.74) is 8.43. The van der Waals surface area contributed by atoms with Gasteiger partial charge < -0.3 is 5.73 Å². The molecule has 0 aliphatic heterocycles. The summed E-state index contributed by atoms with van der Waals surface area (Å²) < 4.78 is 0. The summed E-state index contributed by atoms with van der Waals surface area (Å²) in [6.45, 7) is 0.649. The Morgan fingerprint density at radius 1 is 0.941 bits per heavy atom. The molecule has 0 spiro atoms. The van der Waals surface area contributed by atoms with Gasteiger partial charge in [-0.25, -0.2) is 0 Å². The second-order valence-corrected chi connectivity index (χ2v) is 4.61. The minimum Gasteiger partial charge on any atom is -0.330 e. The molecule has 1 atom stereocenters.